The lowest BCUT2D eigenvalue weighted by Gasteiger charge is -2.10. The number of hydrogen-bond donors (Lipinski definition) is 1. The zero-order valence-corrected chi connectivity index (χ0v) is 13.5. The van der Waals surface area contributed by atoms with E-state index in [0.717, 1.165) is 24.0 Å². The van der Waals surface area contributed by atoms with Crippen molar-refractivity contribution in [2.45, 2.75) is 33.2 Å². The van der Waals surface area contributed by atoms with Crippen LogP contribution in [0.1, 0.15) is 41.8 Å². The fourth-order valence-electron chi connectivity index (χ4n) is 2.39. The van der Waals surface area contributed by atoms with Crippen molar-refractivity contribution in [1.29, 1.82) is 0 Å². The van der Waals surface area contributed by atoms with Gasteiger partial charge in [0.25, 0.3) is 5.91 Å². The molecule has 0 saturated heterocycles. The molecule has 23 heavy (non-hydrogen) atoms. The Morgan fingerprint density at radius 2 is 1.87 bits per heavy atom. The van der Waals surface area contributed by atoms with Crippen LogP contribution < -0.4 is 10.1 Å². The van der Waals surface area contributed by atoms with E-state index in [-0.39, 0.29) is 11.9 Å². The molecule has 4 nitrogen and oxygen atoms in total. The van der Waals surface area contributed by atoms with Crippen molar-refractivity contribution >= 4 is 11.9 Å². The minimum absolute atomic E-state index is 0.0908. The molecule has 0 unspecified atom stereocenters. The highest BCUT2D eigenvalue weighted by Gasteiger charge is 2.10. The van der Waals surface area contributed by atoms with E-state index < -0.39 is 0 Å². The molecular weight excluding hydrogens is 290 g/mol. The van der Waals surface area contributed by atoms with E-state index in [1.54, 1.807) is 18.2 Å². The molecule has 2 aromatic rings. The SMILES string of the molecule is CCCc1ccccc1C(=O)NCc1cccc(OC(C)=O)c1. The number of rotatable bonds is 6. The highest BCUT2D eigenvalue weighted by atomic mass is 16.5. The molecule has 0 heterocycles. The summed E-state index contributed by atoms with van der Waals surface area (Å²) in [5.74, 6) is 0.0299. The van der Waals surface area contributed by atoms with Gasteiger partial charge in [0.15, 0.2) is 0 Å². The lowest BCUT2D eigenvalue weighted by molar-refractivity contribution is -0.131. The van der Waals surface area contributed by atoms with Gasteiger partial charge >= 0.3 is 5.97 Å². The molecule has 1 N–H and O–H groups in total. The van der Waals surface area contributed by atoms with Gasteiger partial charge in [-0.3, -0.25) is 9.59 Å². The van der Waals surface area contributed by atoms with E-state index in [2.05, 4.69) is 12.2 Å². The molecule has 0 radical (unpaired) electrons. The number of esters is 1. The molecule has 0 bridgehead atoms. The average molecular weight is 311 g/mol. The third kappa shape index (κ3) is 4.95. The van der Waals surface area contributed by atoms with Crippen molar-refractivity contribution in [3.05, 3.63) is 65.2 Å². The largest absolute Gasteiger partial charge is 0.427 e. The Hall–Kier alpha value is -2.62. The van der Waals surface area contributed by atoms with Crippen LogP contribution in [0.2, 0.25) is 0 Å². The fraction of sp³-hybridized carbons (Fsp3) is 0.263. The first-order chi connectivity index (χ1) is 11.1. The predicted molar refractivity (Wildman–Crippen MR) is 89.4 cm³/mol. The molecule has 0 aliphatic rings. The van der Waals surface area contributed by atoms with Gasteiger partial charge in [-0.2, -0.15) is 0 Å². The summed E-state index contributed by atoms with van der Waals surface area (Å²) in [6, 6.07) is 14.8. The van der Waals surface area contributed by atoms with Crippen LogP contribution in [0.25, 0.3) is 0 Å². The minimum atomic E-state index is -0.361. The maximum atomic E-state index is 12.4. The highest BCUT2D eigenvalue weighted by molar-refractivity contribution is 5.95. The molecule has 0 spiro atoms. The third-order valence-corrected chi connectivity index (χ3v) is 3.39. The normalized spacial score (nSPS) is 10.2. The summed E-state index contributed by atoms with van der Waals surface area (Å²) in [7, 11) is 0. The predicted octanol–water partition coefficient (Wildman–Crippen LogP) is 3.49. The first-order valence-corrected chi connectivity index (χ1v) is 7.73. The van der Waals surface area contributed by atoms with Crippen molar-refractivity contribution in [2.75, 3.05) is 0 Å². The second kappa shape index (κ2) is 8.13. The van der Waals surface area contributed by atoms with Crippen LogP contribution in [0.5, 0.6) is 5.75 Å². The number of aryl methyl sites for hydroxylation is 1. The molecule has 0 atom stereocenters. The summed E-state index contributed by atoms with van der Waals surface area (Å²) < 4.78 is 5.05. The van der Waals surface area contributed by atoms with Gasteiger partial charge in [0, 0.05) is 19.0 Å². The van der Waals surface area contributed by atoms with Gasteiger partial charge in [-0.15, -0.1) is 0 Å². The molecule has 0 aliphatic heterocycles. The lowest BCUT2D eigenvalue weighted by atomic mass is 10.0. The second-order valence-electron chi connectivity index (χ2n) is 5.33. The molecule has 2 rings (SSSR count). The smallest absolute Gasteiger partial charge is 0.308 e. The lowest BCUT2D eigenvalue weighted by Crippen LogP contribution is -2.24. The van der Waals surface area contributed by atoms with Crippen molar-refractivity contribution in [3.63, 3.8) is 0 Å². The minimum Gasteiger partial charge on any atom is -0.427 e. The Bertz CT molecular complexity index is 695. The van der Waals surface area contributed by atoms with Crippen LogP contribution in [0.3, 0.4) is 0 Å². The monoisotopic (exact) mass is 311 g/mol. The highest BCUT2D eigenvalue weighted by Crippen LogP contribution is 2.14. The molecule has 0 saturated carbocycles. The summed E-state index contributed by atoms with van der Waals surface area (Å²) in [4.78, 5) is 23.4. The van der Waals surface area contributed by atoms with Crippen LogP contribution in [-0.4, -0.2) is 11.9 Å². The Morgan fingerprint density at radius 1 is 1.09 bits per heavy atom. The summed E-state index contributed by atoms with van der Waals surface area (Å²) in [6.07, 6.45) is 1.88. The summed E-state index contributed by atoms with van der Waals surface area (Å²) in [5, 5.41) is 2.92. The third-order valence-electron chi connectivity index (χ3n) is 3.39. The van der Waals surface area contributed by atoms with Crippen molar-refractivity contribution < 1.29 is 14.3 Å². The zero-order chi connectivity index (χ0) is 16.7. The van der Waals surface area contributed by atoms with Crippen molar-refractivity contribution in [2.24, 2.45) is 0 Å². The maximum Gasteiger partial charge on any atom is 0.308 e. The number of hydrogen-bond acceptors (Lipinski definition) is 3. The molecule has 2 aromatic carbocycles. The Balaban J connectivity index is 2.03. The van der Waals surface area contributed by atoms with Gasteiger partial charge in [-0.1, -0.05) is 43.7 Å². The van der Waals surface area contributed by atoms with Crippen LogP contribution >= 0.6 is 0 Å². The number of carbonyl (C=O) groups is 2. The number of ether oxygens (including phenoxy) is 1. The molecule has 120 valence electrons. The van der Waals surface area contributed by atoms with Crippen LogP contribution in [-0.2, 0) is 17.8 Å². The Morgan fingerprint density at radius 3 is 2.61 bits per heavy atom. The first kappa shape index (κ1) is 16.7. The van der Waals surface area contributed by atoms with Crippen LogP contribution in [0.4, 0.5) is 0 Å². The quantitative estimate of drug-likeness (QED) is 0.656. The first-order valence-electron chi connectivity index (χ1n) is 7.73. The van der Waals surface area contributed by atoms with E-state index >= 15 is 0 Å². The second-order valence-corrected chi connectivity index (χ2v) is 5.33. The topological polar surface area (TPSA) is 55.4 Å². The van der Waals surface area contributed by atoms with Crippen LogP contribution in [0.15, 0.2) is 48.5 Å². The molecule has 0 fully saturated rings. The molecular formula is C19H21NO3. The number of amides is 1. The Labute approximate surface area is 136 Å². The average Bonchev–Trinajstić information content (AvgIpc) is 2.53. The standard InChI is InChI=1S/C19H21NO3/c1-3-7-16-9-4-5-11-18(16)19(22)20-13-15-8-6-10-17(12-15)23-14(2)21/h4-6,8-12H,3,7,13H2,1-2H3,(H,20,22). The maximum absolute atomic E-state index is 12.4. The van der Waals surface area contributed by atoms with Crippen LogP contribution in [0, 0.1) is 0 Å². The van der Waals surface area contributed by atoms with Gasteiger partial charge in [0.2, 0.25) is 0 Å². The van der Waals surface area contributed by atoms with Gasteiger partial charge in [0.05, 0.1) is 0 Å². The molecule has 0 aromatic heterocycles. The summed E-state index contributed by atoms with van der Waals surface area (Å²) >= 11 is 0. The Kier molecular flexibility index (Phi) is 5.92. The fourth-order valence-corrected chi connectivity index (χ4v) is 2.39. The summed E-state index contributed by atoms with van der Waals surface area (Å²) in [5.41, 5.74) is 2.65. The molecule has 4 heteroatoms. The summed E-state index contributed by atoms with van der Waals surface area (Å²) in [6.45, 7) is 3.84. The van der Waals surface area contributed by atoms with E-state index in [9.17, 15) is 9.59 Å². The number of nitrogens with one attached hydrogen (secondary N) is 1. The van der Waals surface area contributed by atoms with E-state index in [1.807, 2.05) is 30.3 Å². The zero-order valence-electron chi connectivity index (χ0n) is 13.5. The van der Waals surface area contributed by atoms with E-state index in [1.165, 1.54) is 6.92 Å². The van der Waals surface area contributed by atoms with Gasteiger partial charge in [-0.05, 0) is 35.7 Å². The molecule has 0 aliphatic carbocycles. The van der Waals surface area contributed by atoms with Gasteiger partial charge in [0.1, 0.15) is 5.75 Å². The number of benzene rings is 2. The number of carbonyl (C=O) groups excluding carboxylic acids is 2. The van der Waals surface area contributed by atoms with E-state index in [4.69, 9.17) is 4.74 Å². The molecule has 1 amide bonds. The van der Waals surface area contributed by atoms with E-state index in [0.29, 0.717) is 17.9 Å². The van der Waals surface area contributed by atoms with Gasteiger partial charge in [-0.25, -0.2) is 0 Å². The van der Waals surface area contributed by atoms with Crippen molar-refractivity contribution in [3.8, 4) is 5.75 Å². The van der Waals surface area contributed by atoms with Crippen molar-refractivity contribution in [1.82, 2.24) is 5.32 Å². The van der Waals surface area contributed by atoms with Gasteiger partial charge < -0.3 is 10.1 Å².